The lowest BCUT2D eigenvalue weighted by Gasteiger charge is -2.10. The van der Waals surface area contributed by atoms with Crippen LogP contribution in [0.4, 0.5) is 0 Å². The number of fused-ring (bicyclic) bond motifs is 4. The fraction of sp³-hybridized carbons (Fsp3) is 0. The largest absolute Gasteiger partial charge is 0.455 e. The van der Waals surface area contributed by atoms with Crippen molar-refractivity contribution in [1.29, 1.82) is 0 Å². The highest BCUT2D eigenvalue weighted by molar-refractivity contribution is 6.10. The Bertz CT molecular complexity index is 2140. The van der Waals surface area contributed by atoms with E-state index in [0.717, 1.165) is 77.6 Å². The lowest BCUT2D eigenvalue weighted by atomic mass is 9.99. The fourth-order valence-electron chi connectivity index (χ4n) is 5.62. The maximum absolute atomic E-state index is 6.47. The summed E-state index contributed by atoms with van der Waals surface area (Å²) in [5, 5.41) is 4.41. The van der Waals surface area contributed by atoms with E-state index >= 15 is 0 Å². The number of pyridine rings is 2. The number of nitrogens with zero attached hydrogens (tertiary/aromatic N) is 2. The second-order valence-corrected chi connectivity index (χ2v) is 10.3. The minimum atomic E-state index is 0.846. The number of rotatable bonds is 4. The van der Waals surface area contributed by atoms with Crippen molar-refractivity contribution < 1.29 is 4.42 Å². The molecule has 192 valence electrons. The summed E-state index contributed by atoms with van der Waals surface area (Å²) < 4.78 is 6.47. The van der Waals surface area contributed by atoms with E-state index < -0.39 is 0 Å². The van der Waals surface area contributed by atoms with Crippen LogP contribution in [-0.4, -0.2) is 9.97 Å². The molecule has 0 saturated carbocycles. The van der Waals surface area contributed by atoms with E-state index in [1.807, 2.05) is 24.4 Å². The van der Waals surface area contributed by atoms with E-state index in [2.05, 4.69) is 121 Å². The molecule has 0 atom stereocenters. The quantitative estimate of drug-likeness (QED) is 0.230. The Morgan fingerprint density at radius 2 is 1.15 bits per heavy atom. The van der Waals surface area contributed by atoms with Crippen LogP contribution in [0.3, 0.4) is 0 Å². The molecule has 3 aromatic heterocycles. The van der Waals surface area contributed by atoms with Gasteiger partial charge in [-0.1, -0.05) is 97.1 Å². The first-order valence-corrected chi connectivity index (χ1v) is 13.7. The molecule has 0 fully saturated rings. The van der Waals surface area contributed by atoms with Gasteiger partial charge in [0.25, 0.3) is 0 Å². The number of furan rings is 1. The average molecular weight is 525 g/mol. The third kappa shape index (κ3) is 4.16. The predicted molar refractivity (Wildman–Crippen MR) is 169 cm³/mol. The third-order valence-corrected chi connectivity index (χ3v) is 7.70. The minimum Gasteiger partial charge on any atom is -0.455 e. The van der Waals surface area contributed by atoms with E-state index in [-0.39, 0.29) is 0 Å². The van der Waals surface area contributed by atoms with Gasteiger partial charge in [0.05, 0.1) is 17.1 Å². The Balaban J connectivity index is 1.29. The number of para-hydroxylation sites is 1. The molecule has 8 aromatic rings. The highest BCUT2D eigenvalue weighted by Crippen LogP contribution is 2.38. The Kier molecular flexibility index (Phi) is 5.46. The third-order valence-electron chi connectivity index (χ3n) is 7.70. The molecule has 0 radical (unpaired) electrons. The lowest BCUT2D eigenvalue weighted by Crippen LogP contribution is -1.91. The van der Waals surface area contributed by atoms with Crippen molar-refractivity contribution in [2.45, 2.75) is 0 Å². The zero-order valence-electron chi connectivity index (χ0n) is 22.2. The van der Waals surface area contributed by atoms with Crippen molar-refractivity contribution in [3.8, 4) is 44.9 Å². The number of benzene rings is 5. The first kappa shape index (κ1) is 23.4. The summed E-state index contributed by atoms with van der Waals surface area (Å²) in [6, 6.07) is 48.2. The van der Waals surface area contributed by atoms with Gasteiger partial charge in [0.1, 0.15) is 11.2 Å². The average Bonchev–Trinajstić information content (AvgIpc) is 3.43. The molecule has 3 heteroatoms. The van der Waals surface area contributed by atoms with E-state index in [4.69, 9.17) is 14.4 Å². The van der Waals surface area contributed by atoms with Crippen LogP contribution in [0.5, 0.6) is 0 Å². The summed E-state index contributed by atoms with van der Waals surface area (Å²) in [6.45, 7) is 0. The first-order valence-electron chi connectivity index (χ1n) is 13.7. The van der Waals surface area contributed by atoms with Gasteiger partial charge in [-0.15, -0.1) is 0 Å². The van der Waals surface area contributed by atoms with Gasteiger partial charge in [-0.3, -0.25) is 4.98 Å². The summed E-state index contributed by atoms with van der Waals surface area (Å²) in [5.41, 5.74) is 9.89. The van der Waals surface area contributed by atoms with Gasteiger partial charge in [0.15, 0.2) is 0 Å². The van der Waals surface area contributed by atoms with Crippen molar-refractivity contribution in [2.75, 3.05) is 0 Å². The lowest BCUT2D eigenvalue weighted by molar-refractivity contribution is 0.670. The smallest absolute Gasteiger partial charge is 0.144 e. The van der Waals surface area contributed by atoms with Gasteiger partial charge in [-0.05, 0) is 59.0 Å². The van der Waals surface area contributed by atoms with Crippen molar-refractivity contribution in [1.82, 2.24) is 9.97 Å². The molecule has 5 aromatic carbocycles. The molecule has 0 spiro atoms. The van der Waals surface area contributed by atoms with E-state index in [1.54, 1.807) is 0 Å². The minimum absolute atomic E-state index is 0.846. The topological polar surface area (TPSA) is 38.9 Å². The maximum atomic E-state index is 6.47. The molecule has 0 N–H and O–H groups in total. The predicted octanol–water partition coefficient (Wildman–Crippen LogP) is 10.2. The molecule has 0 amide bonds. The Morgan fingerprint density at radius 1 is 0.439 bits per heavy atom. The molecular weight excluding hydrogens is 500 g/mol. The Labute approximate surface area is 237 Å². The second-order valence-electron chi connectivity index (χ2n) is 10.3. The number of hydrogen-bond donors (Lipinski definition) is 0. The van der Waals surface area contributed by atoms with E-state index in [0.29, 0.717) is 0 Å². The highest BCUT2D eigenvalue weighted by atomic mass is 16.3. The van der Waals surface area contributed by atoms with E-state index in [1.165, 1.54) is 0 Å². The van der Waals surface area contributed by atoms with Gasteiger partial charge < -0.3 is 4.42 Å². The first-order chi connectivity index (χ1) is 20.3. The van der Waals surface area contributed by atoms with Crippen molar-refractivity contribution >= 4 is 32.7 Å². The highest BCUT2D eigenvalue weighted by Gasteiger charge is 2.15. The van der Waals surface area contributed by atoms with Crippen LogP contribution in [0.25, 0.3) is 77.6 Å². The standard InChI is InChI=1S/C38H24N2O/c1-3-10-25(11-4-1)30-22-34(26-12-5-2-6-13-26)40-35(23-30)28-18-19-37-33(20-28)31-16-9-17-32(38(31)41-37)36-21-27-14-7-8-15-29(27)24-39-36/h1-24H. The van der Waals surface area contributed by atoms with Crippen molar-refractivity contribution in [2.24, 2.45) is 0 Å². The van der Waals surface area contributed by atoms with Crippen LogP contribution < -0.4 is 0 Å². The van der Waals surface area contributed by atoms with E-state index in [9.17, 15) is 0 Å². The van der Waals surface area contributed by atoms with Crippen LogP contribution >= 0.6 is 0 Å². The van der Waals surface area contributed by atoms with Crippen molar-refractivity contribution in [3.05, 3.63) is 146 Å². The van der Waals surface area contributed by atoms with Crippen LogP contribution in [0.1, 0.15) is 0 Å². The summed E-state index contributed by atoms with van der Waals surface area (Å²) >= 11 is 0. The Morgan fingerprint density at radius 3 is 1.95 bits per heavy atom. The van der Waals surface area contributed by atoms with Gasteiger partial charge in [0.2, 0.25) is 0 Å². The SMILES string of the molecule is c1ccc(-c2cc(-c3ccccc3)nc(-c3ccc4oc5c(-c6cc7ccccc7cn6)cccc5c4c3)c2)cc1. The van der Waals surface area contributed by atoms with Gasteiger partial charge in [-0.2, -0.15) is 0 Å². The molecule has 41 heavy (non-hydrogen) atoms. The van der Waals surface area contributed by atoms with Crippen LogP contribution in [0.15, 0.2) is 150 Å². The monoisotopic (exact) mass is 524 g/mol. The molecule has 0 bridgehead atoms. The summed E-state index contributed by atoms with van der Waals surface area (Å²) in [4.78, 5) is 9.89. The van der Waals surface area contributed by atoms with Gasteiger partial charge >= 0.3 is 0 Å². The molecule has 3 nitrogen and oxygen atoms in total. The molecular formula is C38H24N2O. The molecule has 3 heterocycles. The molecule has 0 unspecified atom stereocenters. The molecule has 0 saturated heterocycles. The van der Waals surface area contributed by atoms with Crippen LogP contribution in [-0.2, 0) is 0 Å². The van der Waals surface area contributed by atoms with Gasteiger partial charge in [-0.25, -0.2) is 4.98 Å². The number of hydrogen-bond acceptors (Lipinski definition) is 3. The Hall–Kier alpha value is -5.54. The summed E-state index contributed by atoms with van der Waals surface area (Å²) in [7, 11) is 0. The van der Waals surface area contributed by atoms with Gasteiger partial charge in [0, 0.05) is 39.0 Å². The zero-order valence-corrected chi connectivity index (χ0v) is 22.2. The molecule has 0 aliphatic rings. The molecule has 0 aliphatic carbocycles. The maximum Gasteiger partial charge on any atom is 0.144 e. The normalized spacial score (nSPS) is 11.4. The van der Waals surface area contributed by atoms with Crippen LogP contribution in [0, 0.1) is 0 Å². The molecule has 0 aliphatic heterocycles. The second kappa shape index (κ2) is 9.58. The molecule has 8 rings (SSSR count). The summed E-state index contributed by atoms with van der Waals surface area (Å²) in [6.07, 6.45) is 1.93. The van der Waals surface area contributed by atoms with Crippen LogP contribution in [0.2, 0.25) is 0 Å². The zero-order chi connectivity index (χ0) is 27.2. The van der Waals surface area contributed by atoms with Crippen molar-refractivity contribution in [3.63, 3.8) is 0 Å². The fourth-order valence-corrected chi connectivity index (χ4v) is 5.62. The number of aromatic nitrogens is 2. The summed E-state index contributed by atoms with van der Waals surface area (Å²) in [5.74, 6) is 0.